The summed E-state index contributed by atoms with van der Waals surface area (Å²) in [5.74, 6) is -0.768. The number of aryl methyl sites for hydroxylation is 1. The number of nitrogens with one attached hydrogen (secondary N) is 1. The molecule has 0 radical (unpaired) electrons. The van der Waals surface area contributed by atoms with Crippen molar-refractivity contribution in [3.05, 3.63) is 48.3 Å². The van der Waals surface area contributed by atoms with Crippen LogP contribution in [0.5, 0.6) is 0 Å². The topological polar surface area (TPSA) is 79.3 Å². The zero-order valence-electron chi connectivity index (χ0n) is 14.5. The molecule has 0 fully saturated rings. The summed E-state index contributed by atoms with van der Waals surface area (Å²) in [6, 6.07) is 9.89. The highest BCUT2D eigenvalue weighted by atomic mass is 16.4. The van der Waals surface area contributed by atoms with Gasteiger partial charge in [0, 0.05) is 30.9 Å². The van der Waals surface area contributed by atoms with Crippen LogP contribution in [0.1, 0.15) is 44.1 Å². The van der Waals surface area contributed by atoms with Crippen molar-refractivity contribution in [1.82, 2.24) is 4.98 Å². The van der Waals surface area contributed by atoms with Gasteiger partial charge in [-0.1, -0.05) is 25.0 Å². The van der Waals surface area contributed by atoms with Gasteiger partial charge in [0.05, 0.1) is 0 Å². The van der Waals surface area contributed by atoms with Gasteiger partial charge in [-0.2, -0.15) is 0 Å². The normalized spacial score (nSPS) is 10.4. The largest absolute Gasteiger partial charge is 0.481 e. The Morgan fingerprint density at radius 2 is 1.64 bits per heavy atom. The molecule has 2 N–H and O–H groups in total. The molecular weight excluding hydrogens is 316 g/mol. The van der Waals surface area contributed by atoms with E-state index in [9.17, 15) is 9.59 Å². The Hall–Kier alpha value is -2.69. The molecule has 1 aromatic carbocycles. The Bertz CT molecular complexity index is 714. The zero-order valence-corrected chi connectivity index (χ0v) is 14.5. The highest BCUT2D eigenvalue weighted by Crippen LogP contribution is 2.25. The van der Waals surface area contributed by atoms with E-state index >= 15 is 0 Å². The maximum Gasteiger partial charge on any atom is 0.303 e. The second-order valence-corrected chi connectivity index (χ2v) is 6.12. The first-order valence-electron chi connectivity index (χ1n) is 8.59. The minimum Gasteiger partial charge on any atom is -0.481 e. The fraction of sp³-hybridized carbons (Fsp3) is 0.350. The lowest BCUT2D eigenvalue weighted by Crippen LogP contribution is -2.12. The number of amides is 1. The van der Waals surface area contributed by atoms with Crippen LogP contribution in [0, 0.1) is 6.92 Å². The molecule has 5 heteroatoms. The molecule has 1 amide bonds. The van der Waals surface area contributed by atoms with E-state index in [0.717, 1.165) is 41.6 Å². The van der Waals surface area contributed by atoms with Crippen LogP contribution in [0.25, 0.3) is 11.1 Å². The quantitative estimate of drug-likeness (QED) is 0.662. The molecular formula is C20H24N2O3. The first-order chi connectivity index (χ1) is 12.1. The lowest BCUT2D eigenvalue weighted by molar-refractivity contribution is -0.137. The second-order valence-electron chi connectivity index (χ2n) is 6.12. The van der Waals surface area contributed by atoms with Gasteiger partial charge in [0.1, 0.15) is 0 Å². The van der Waals surface area contributed by atoms with Gasteiger partial charge in [0.15, 0.2) is 0 Å². The van der Waals surface area contributed by atoms with Crippen LogP contribution in [-0.4, -0.2) is 22.0 Å². The third-order valence-corrected chi connectivity index (χ3v) is 4.07. The molecule has 0 bridgehead atoms. The van der Waals surface area contributed by atoms with Crippen LogP contribution in [0.2, 0.25) is 0 Å². The number of benzene rings is 1. The fourth-order valence-corrected chi connectivity index (χ4v) is 2.61. The summed E-state index contributed by atoms with van der Waals surface area (Å²) in [5.41, 5.74) is 3.94. The predicted molar refractivity (Wildman–Crippen MR) is 98.4 cm³/mol. The number of unbranched alkanes of at least 4 members (excludes halogenated alkanes) is 3. The Kier molecular flexibility index (Phi) is 7.14. The van der Waals surface area contributed by atoms with Gasteiger partial charge in [0.2, 0.25) is 5.91 Å². The van der Waals surface area contributed by atoms with Crippen molar-refractivity contribution >= 4 is 17.6 Å². The molecule has 1 aromatic heterocycles. The zero-order chi connectivity index (χ0) is 18.1. The Morgan fingerprint density at radius 1 is 0.960 bits per heavy atom. The number of aromatic nitrogens is 1. The molecule has 0 saturated heterocycles. The van der Waals surface area contributed by atoms with Gasteiger partial charge >= 0.3 is 5.97 Å². The van der Waals surface area contributed by atoms with Crippen molar-refractivity contribution in [2.45, 2.75) is 45.4 Å². The number of carboxylic acid groups (broad SMARTS) is 1. The standard InChI is InChI=1S/C20H24N2O3/c1-15-8-9-17(16-10-12-21-13-11-16)14-18(15)22-19(23)6-4-2-3-5-7-20(24)25/h8-14H,2-7H2,1H3,(H,22,23)(H,24,25). The lowest BCUT2D eigenvalue weighted by Gasteiger charge is -2.11. The van der Waals surface area contributed by atoms with Crippen LogP contribution in [0.15, 0.2) is 42.7 Å². The molecule has 0 saturated carbocycles. The van der Waals surface area contributed by atoms with E-state index in [0.29, 0.717) is 12.8 Å². The summed E-state index contributed by atoms with van der Waals surface area (Å²) >= 11 is 0. The highest BCUT2D eigenvalue weighted by molar-refractivity contribution is 5.92. The fourth-order valence-electron chi connectivity index (χ4n) is 2.61. The molecule has 0 aliphatic rings. The van der Waals surface area contributed by atoms with Crippen LogP contribution in [0.3, 0.4) is 0 Å². The Morgan fingerprint density at radius 3 is 2.32 bits per heavy atom. The molecule has 0 atom stereocenters. The summed E-state index contributed by atoms with van der Waals surface area (Å²) in [6.45, 7) is 1.97. The van der Waals surface area contributed by atoms with Crippen molar-refractivity contribution in [3.8, 4) is 11.1 Å². The maximum atomic E-state index is 12.1. The molecule has 2 rings (SSSR count). The summed E-state index contributed by atoms with van der Waals surface area (Å²) in [4.78, 5) is 26.6. The molecule has 25 heavy (non-hydrogen) atoms. The van der Waals surface area contributed by atoms with E-state index in [-0.39, 0.29) is 12.3 Å². The molecule has 0 aliphatic carbocycles. The number of hydrogen-bond donors (Lipinski definition) is 2. The summed E-state index contributed by atoms with van der Waals surface area (Å²) in [7, 11) is 0. The monoisotopic (exact) mass is 340 g/mol. The van der Waals surface area contributed by atoms with Crippen molar-refractivity contribution in [1.29, 1.82) is 0 Å². The molecule has 0 aliphatic heterocycles. The van der Waals surface area contributed by atoms with Gasteiger partial charge in [-0.25, -0.2) is 0 Å². The van der Waals surface area contributed by atoms with Crippen LogP contribution in [0.4, 0.5) is 5.69 Å². The van der Waals surface area contributed by atoms with Gasteiger partial charge in [-0.15, -0.1) is 0 Å². The predicted octanol–water partition coefficient (Wildman–Crippen LogP) is 4.42. The van der Waals surface area contributed by atoms with E-state index in [1.807, 2.05) is 37.3 Å². The third kappa shape index (κ3) is 6.37. The van der Waals surface area contributed by atoms with E-state index < -0.39 is 5.97 Å². The van der Waals surface area contributed by atoms with E-state index in [1.165, 1.54) is 0 Å². The molecule has 0 unspecified atom stereocenters. The number of nitrogens with zero attached hydrogens (tertiary/aromatic N) is 1. The third-order valence-electron chi connectivity index (χ3n) is 4.07. The number of carbonyl (C=O) groups excluding carboxylic acids is 1. The van der Waals surface area contributed by atoms with Crippen molar-refractivity contribution in [3.63, 3.8) is 0 Å². The molecule has 5 nitrogen and oxygen atoms in total. The maximum absolute atomic E-state index is 12.1. The van der Waals surface area contributed by atoms with E-state index in [4.69, 9.17) is 5.11 Å². The first-order valence-corrected chi connectivity index (χ1v) is 8.59. The van der Waals surface area contributed by atoms with Gasteiger partial charge < -0.3 is 10.4 Å². The second kappa shape index (κ2) is 9.57. The average molecular weight is 340 g/mol. The van der Waals surface area contributed by atoms with Crippen LogP contribution < -0.4 is 5.32 Å². The van der Waals surface area contributed by atoms with E-state index in [2.05, 4.69) is 10.3 Å². The number of aliphatic carboxylic acids is 1. The molecule has 2 aromatic rings. The molecule has 132 valence electrons. The summed E-state index contributed by atoms with van der Waals surface area (Å²) in [6.07, 6.45) is 7.31. The molecule has 1 heterocycles. The summed E-state index contributed by atoms with van der Waals surface area (Å²) in [5, 5.41) is 11.6. The van der Waals surface area contributed by atoms with Gasteiger partial charge in [0.25, 0.3) is 0 Å². The minimum atomic E-state index is -0.762. The van der Waals surface area contributed by atoms with Crippen molar-refractivity contribution in [2.24, 2.45) is 0 Å². The highest BCUT2D eigenvalue weighted by Gasteiger charge is 2.07. The lowest BCUT2D eigenvalue weighted by atomic mass is 10.0. The number of pyridine rings is 1. The minimum absolute atomic E-state index is 0.00628. The number of carbonyl (C=O) groups is 2. The smallest absolute Gasteiger partial charge is 0.303 e. The SMILES string of the molecule is Cc1ccc(-c2ccncc2)cc1NC(=O)CCCCCCC(=O)O. The van der Waals surface area contributed by atoms with Crippen LogP contribution in [-0.2, 0) is 9.59 Å². The Labute approximate surface area is 148 Å². The van der Waals surface area contributed by atoms with Crippen LogP contribution >= 0.6 is 0 Å². The first kappa shape index (κ1) is 18.6. The number of carboxylic acids is 1. The van der Waals surface area contributed by atoms with Gasteiger partial charge in [-0.05, 0) is 54.7 Å². The Balaban J connectivity index is 1.85. The van der Waals surface area contributed by atoms with Crippen molar-refractivity contribution < 1.29 is 14.7 Å². The number of hydrogen-bond acceptors (Lipinski definition) is 3. The van der Waals surface area contributed by atoms with E-state index in [1.54, 1.807) is 12.4 Å². The van der Waals surface area contributed by atoms with Gasteiger partial charge in [-0.3, -0.25) is 14.6 Å². The summed E-state index contributed by atoms with van der Waals surface area (Å²) < 4.78 is 0. The number of rotatable bonds is 9. The molecule has 0 spiro atoms. The average Bonchev–Trinajstić information content (AvgIpc) is 2.60. The number of anilines is 1. The van der Waals surface area contributed by atoms with Crippen molar-refractivity contribution in [2.75, 3.05) is 5.32 Å².